The zero-order chi connectivity index (χ0) is 18.7. The largest absolute Gasteiger partial charge is 0.433 e. The third kappa shape index (κ3) is 3.98. The van der Waals surface area contributed by atoms with Crippen LogP contribution in [0.15, 0.2) is 29.6 Å². The lowest BCUT2D eigenvalue weighted by atomic mass is 10.0. The Kier molecular flexibility index (Phi) is 5.46. The van der Waals surface area contributed by atoms with Gasteiger partial charge in [0.05, 0.1) is 30.9 Å². The van der Waals surface area contributed by atoms with Gasteiger partial charge in [0.2, 0.25) is 0 Å². The van der Waals surface area contributed by atoms with Crippen LogP contribution in [0.25, 0.3) is 0 Å². The predicted molar refractivity (Wildman–Crippen MR) is 89.8 cm³/mol. The fourth-order valence-corrected chi connectivity index (χ4v) is 3.62. The van der Waals surface area contributed by atoms with Gasteiger partial charge in [-0.1, -0.05) is 6.07 Å². The van der Waals surface area contributed by atoms with Crippen molar-refractivity contribution in [3.63, 3.8) is 0 Å². The van der Waals surface area contributed by atoms with Gasteiger partial charge in [0, 0.05) is 17.8 Å². The standard InChI is InChI=1S/C17H16F3N3O2S/c18-17(19,20)15-4-3-11(9-21)16(22-15)23-5-6-25-10-12(23)8-13(24)14-2-1-7-26-14/h1-4,7,12-13,24H,5-6,8,10H2. The molecule has 1 aliphatic rings. The van der Waals surface area contributed by atoms with E-state index in [1.807, 2.05) is 17.5 Å². The number of anilines is 1. The van der Waals surface area contributed by atoms with E-state index in [-0.39, 0.29) is 30.5 Å². The van der Waals surface area contributed by atoms with Gasteiger partial charge >= 0.3 is 6.18 Å². The lowest BCUT2D eigenvalue weighted by molar-refractivity contribution is -0.141. The molecule has 2 aromatic heterocycles. The van der Waals surface area contributed by atoms with E-state index in [2.05, 4.69) is 4.98 Å². The number of halogens is 3. The molecule has 5 nitrogen and oxygen atoms in total. The summed E-state index contributed by atoms with van der Waals surface area (Å²) in [5.41, 5.74) is -0.980. The first-order valence-electron chi connectivity index (χ1n) is 7.94. The maximum absolute atomic E-state index is 13.0. The van der Waals surface area contributed by atoms with Crippen LogP contribution in [-0.4, -0.2) is 35.9 Å². The van der Waals surface area contributed by atoms with E-state index in [9.17, 15) is 23.5 Å². The lowest BCUT2D eigenvalue weighted by Gasteiger charge is -2.38. The number of rotatable bonds is 4. The minimum atomic E-state index is -4.60. The van der Waals surface area contributed by atoms with E-state index >= 15 is 0 Å². The number of aromatic nitrogens is 1. The highest BCUT2D eigenvalue weighted by atomic mass is 32.1. The van der Waals surface area contributed by atoms with Crippen LogP contribution in [0.3, 0.4) is 0 Å². The van der Waals surface area contributed by atoms with E-state index in [0.29, 0.717) is 13.2 Å². The zero-order valence-electron chi connectivity index (χ0n) is 13.6. The van der Waals surface area contributed by atoms with E-state index in [4.69, 9.17) is 4.74 Å². The molecule has 3 rings (SSSR count). The maximum atomic E-state index is 13.0. The van der Waals surface area contributed by atoms with Crippen molar-refractivity contribution >= 4 is 17.2 Å². The summed E-state index contributed by atoms with van der Waals surface area (Å²) in [5, 5.41) is 21.5. The Hall–Kier alpha value is -2.15. The van der Waals surface area contributed by atoms with Crippen molar-refractivity contribution in [2.24, 2.45) is 0 Å². The number of nitriles is 1. The number of hydrogen-bond donors (Lipinski definition) is 1. The molecule has 26 heavy (non-hydrogen) atoms. The van der Waals surface area contributed by atoms with E-state index in [0.717, 1.165) is 17.0 Å². The van der Waals surface area contributed by atoms with Gasteiger partial charge in [0.15, 0.2) is 0 Å². The molecule has 0 aliphatic carbocycles. The van der Waals surface area contributed by atoms with Crippen molar-refractivity contribution in [1.29, 1.82) is 5.26 Å². The molecule has 2 aromatic rings. The second-order valence-corrected chi connectivity index (χ2v) is 6.85. The first kappa shape index (κ1) is 18.6. The Morgan fingerprint density at radius 3 is 2.88 bits per heavy atom. The molecule has 3 heterocycles. The number of aliphatic hydroxyl groups excluding tert-OH is 1. The Bertz CT molecular complexity index is 790. The van der Waals surface area contributed by atoms with Gasteiger partial charge in [0.1, 0.15) is 17.6 Å². The monoisotopic (exact) mass is 383 g/mol. The number of ether oxygens (including phenoxy) is 1. The first-order chi connectivity index (χ1) is 12.4. The van der Waals surface area contributed by atoms with Gasteiger partial charge in [-0.25, -0.2) is 4.98 Å². The van der Waals surface area contributed by atoms with Crippen LogP contribution in [0.1, 0.15) is 28.7 Å². The molecule has 2 atom stereocenters. The predicted octanol–water partition coefficient (Wildman–Crippen LogP) is 3.36. The highest BCUT2D eigenvalue weighted by Crippen LogP contribution is 2.33. The molecule has 1 aliphatic heterocycles. The van der Waals surface area contributed by atoms with Crippen molar-refractivity contribution in [2.45, 2.75) is 24.7 Å². The molecule has 0 aromatic carbocycles. The molecule has 0 spiro atoms. The highest BCUT2D eigenvalue weighted by molar-refractivity contribution is 7.10. The second kappa shape index (κ2) is 7.61. The van der Waals surface area contributed by atoms with Crippen LogP contribution in [0.4, 0.5) is 19.0 Å². The van der Waals surface area contributed by atoms with Crippen LogP contribution in [0, 0.1) is 11.3 Å². The molecular formula is C17H16F3N3O2S. The van der Waals surface area contributed by atoms with Gasteiger partial charge in [-0.15, -0.1) is 11.3 Å². The molecule has 0 amide bonds. The minimum Gasteiger partial charge on any atom is -0.387 e. The number of morpholine rings is 1. The van der Waals surface area contributed by atoms with E-state index in [1.165, 1.54) is 11.3 Å². The number of aliphatic hydroxyl groups is 1. The summed E-state index contributed by atoms with van der Waals surface area (Å²) in [5.74, 6) is -0.0194. The molecule has 9 heteroatoms. The topological polar surface area (TPSA) is 69.4 Å². The third-order valence-corrected chi connectivity index (χ3v) is 5.13. The summed E-state index contributed by atoms with van der Waals surface area (Å²) in [6.45, 7) is 0.852. The lowest BCUT2D eigenvalue weighted by Crippen LogP contribution is -2.47. The van der Waals surface area contributed by atoms with Crippen molar-refractivity contribution < 1.29 is 23.0 Å². The summed E-state index contributed by atoms with van der Waals surface area (Å²) in [6, 6.07) is 7.07. The minimum absolute atomic E-state index is 0.0194. The van der Waals surface area contributed by atoms with Crippen molar-refractivity contribution in [2.75, 3.05) is 24.7 Å². The van der Waals surface area contributed by atoms with Gasteiger partial charge in [-0.05, 0) is 23.6 Å². The normalized spacial score (nSPS) is 19.2. The quantitative estimate of drug-likeness (QED) is 0.877. The van der Waals surface area contributed by atoms with Crippen LogP contribution in [0.5, 0.6) is 0 Å². The average Bonchev–Trinajstić information content (AvgIpc) is 3.16. The SMILES string of the molecule is N#Cc1ccc(C(F)(F)F)nc1N1CCOCC1CC(O)c1cccs1. The Morgan fingerprint density at radius 1 is 1.42 bits per heavy atom. The fourth-order valence-electron chi connectivity index (χ4n) is 2.90. The number of thiophene rings is 1. The zero-order valence-corrected chi connectivity index (χ0v) is 14.4. The van der Waals surface area contributed by atoms with Crippen LogP contribution in [0.2, 0.25) is 0 Å². The van der Waals surface area contributed by atoms with Crippen molar-refractivity contribution in [3.8, 4) is 6.07 Å². The Labute approximate surface area is 152 Å². The molecular weight excluding hydrogens is 367 g/mol. The summed E-state index contributed by atoms with van der Waals surface area (Å²) >= 11 is 1.40. The molecule has 1 saturated heterocycles. The first-order valence-corrected chi connectivity index (χ1v) is 8.82. The number of hydrogen-bond acceptors (Lipinski definition) is 6. The molecule has 1 N–H and O–H groups in total. The average molecular weight is 383 g/mol. The fraction of sp³-hybridized carbons (Fsp3) is 0.412. The molecule has 1 fully saturated rings. The van der Waals surface area contributed by atoms with Gasteiger partial charge in [-0.2, -0.15) is 18.4 Å². The van der Waals surface area contributed by atoms with Crippen LogP contribution >= 0.6 is 11.3 Å². The molecule has 138 valence electrons. The molecule has 2 unspecified atom stereocenters. The van der Waals surface area contributed by atoms with E-state index in [1.54, 1.807) is 11.0 Å². The highest BCUT2D eigenvalue weighted by Gasteiger charge is 2.35. The van der Waals surface area contributed by atoms with Gasteiger partial charge in [-0.3, -0.25) is 0 Å². The second-order valence-electron chi connectivity index (χ2n) is 5.87. The van der Waals surface area contributed by atoms with Crippen LogP contribution < -0.4 is 4.90 Å². The summed E-state index contributed by atoms with van der Waals surface area (Å²) < 4.78 is 44.6. The molecule has 0 saturated carbocycles. The summed E-state index contributed by atoms with van der Waals surface area (Å²) in [4.78, 5) is 6.11. The number of nitrogens with zero attached hydrogens (tertiary/aromatic N) is 3. The summed E-state index contributed by atoms with van der Waals surface area (Å²) in [6.07, 6.45) is -5.09. The van der Waals surface area contributed by atoms with Gasteiger partial charge < -0.3 is 14.7 Å². The summed E-state index contributed by atoms with van der Waals surface area (Å²) in [7, 11) is 0. The third-order valence-electron chi connectivity index (χ3n) is 4.15. The smallest absolute Gasteiger partial charge is 0.387 e. The van der Waals surface area contributed by atoms with Crippen molar-refractivity contribution in [1.82, 2.24) is 4.98 Å². The molecule has 0 radical (unpaired) electrons. The Balaban J connectivity index is 1.91. The number of pyridine rings is 1. The Morgan fingerprint density at radius 2 is 2.23 bits per heavy atom. The maximum Gasteiger partial charge on any atom is 0.433 e. The molecule has 0 bridgehead atoms. The van der Waals surface area contributed by atoms with Crippen molar-refractivity contribution in [3.05, 3.63) is 45.8 Å². The van der Waals surface area contributed by atoms with Crippen LogP contribution in [-0.2, 0) is 10.9 Å². The number of alkyl halides is 3. The van der Waals surface area contributed by atoms with Gasteiger partial charge in [0.25, 0.3) is 0 Å². The van der Waals surface area contributed by atoms with E-state index < -0.39 is 18.0 Å².